The maximum atomic E-state index is 13.2. The van der Waals surface area contributed by atoms with Gasteiger partial charge in [0.15, 0.2) is 0 Å². The third-order valence-electron chi connectivity index (χ3n) is 4.70. The van der Waals surface area contributed by atoms with Crippen molar-refractivity contribution in [1.82, 2.24) is 19.1 Å². The molecule has 1 unspecified atom stereocenters. The van der Waals surface area contributed by atoms with E-state index in [0.717, 1.165) is 6.42 Å². The monoisotopic (exact) mass is 389 g/mol. The average molecular weight is 389 g/mol. The topological polar surface area (TPSA) is 101 Å². The lowest BCUT2D eigenvalue weighted by Gasteiger charge is -2.31. The van der Waals surface area contributed by atoms with E-state index >= 15 is 0 Å². The summed E-state index contributed by atoms with van der Waals surface area (Å²) < 4.78 is 35.5. The zero-order valence-corrected chi connectivity index (χ0v) is 16.5. The Morgan fingerprint density at radius 3 is 2.85 bits per heavy atom. The van der Waals surface area contributed by atoms with Crippen LogP contribution in [0.1, 0.15) is 36.7 Å². The van der Waals surface area contributed by atoms with Crippen LogP contribution in [-0.4, -0.2) is 46.7 Å². The van der Waals surface area contributed by atoms with E-state index in [2.05, 4.69) is 10.1 Å². The van der Waals surface area contributed by atoms with Gasteiger partial charge in [-0.15, -0.1) is 0 Å². The highest BCUT2D eigenvalue weighted by Crippen LogP contribution is 2.27. The summed E-state index contributed by atoms with van der Waals surface area (Å²) >= 11 is 0. The van der Waals surface area contributed by atoms with Crippen molar-refractivity contribution >= 4 is 10.0 Å². The molecule has 8 nitrogen and oxygen atoms in total. The molecule has 1 fully saturated rings. The first-order valence-corrected chi connectivity index (χ1v) is 10.4. The molecule has 2 aromatic rings. The van der Waals surface area contributed by atoms with Crippen LogP contribution in [0.5, 0.6) is 5.88 Å². The summed E-state index contributed by atoms with van der Waals surface area (Å²) in [7, 11) is -3.65. The number of piperidine rings is 1. The predicted octanol–water partition coefficient (Wildman–Crippen LogP) is 2.02. The maximum absolute atomic E-state index is 13.2. The Hall–Kier alpha value is -2.44. The van der Waals surface area contributed by atoms with Gasteiger partial charge in [0.1, 0.15) is 11.0 Å². The van der Waals surface area contributed by atoms with Crippen LogP contribution >= 0.6 is 0 Å². The molecule has 1 saturated heterocycles. The molecule has 0 N–H and O–H groups in total. The number of rotatable bonds is 5. The van der Waals surface area contributed by atoms with E-state index in [1.807, 2.05) is 13.0 Å². The lowest BCUT2D eigenvalue weighted by atomic mass is 10.1. The van der Waals surface area contributed by atoms with Gasteiger partial charge in [-0.1, -0.05) is 0 Å². The SMILES string of the molecule is CCn1nc(C)c(S(=O)(=O)N2CCCC(Oc3cc(C#N)ccn3)C2)c1C. The van der Waals surface area contributed by atoms with Gasteiger partial charge in [0.2, 0.25) is 15.9 Å². The summed E-state index contributed by atoms with van der Waals surface area (Å²) in [5.41, 5.74) is 1.63. The molecule has 0 spiro atoms. The lowest BCUT2D eigenvalue weighted by molar-refractivity contribution is 0.124. The molecule has 3 rings (SSSR count). The molecule has 0 aliphatic carbocycles. The van der Waals surface area contributed by atoms with Crippen LogP contribution in [0.2, 0.25) is 0 Å². The van der Waals surface area contributed by atoms with Crippen LogP contribution < -0.4 is 4.74 Å². The fourth-order valence-corrected chi connectivity index (χ4v) is 5.31. The van der Waals surface area contributed by atoms with Crippen LogP contribution in [0.15, 0.2) is 23.2 Å². The number of pyridine rings is 1. The molecule has 0 bridgehead atoms. The van der Waals surface area contributed by atoms with E-state index in [0.29, 0.717) is 42.3 Å². The van der Waals surface area contributed by atoms with Crippen LogP contribution in [0, 0.1) is 25.2 Å². The van der Waals surface area contributed by atoms with E-state index in [-0.39, 0.29) is 17.5 Å². The summed E-state index contributed by atoms with van der Waals surface area (Å²) in [4.78, 5) is 4.40. The summed E-state index contributed by atoms with van der Waals surface area (Å²) in [6, 6.07) is 5.21. The van der Waals surface area contributed by atoms with Gasteiger partial charge in [0, 0.05) is 25.4 Å². The zero-order chi connectivity index (χ0) is 19.6. The third kappa shape index (κ3) is 3.82. The minimum absolute atomic E-state index is 0.247. The average Bonchev–Trinajstić information content (AvgIpc) is 2.96. The molecule has 1 aliphatic heterocycles. The molecule has 3 heterocycles. The predicted molar refractivity (Wildman–Crippen MR) is 98.7 cm³/mol. The van der Waals surface area contributed by atoms with Gasteiger partial charge in [-0.25, -0.2) is 13.4 Å². The minimum Gasteiger partial charge on any atom is -0.473 e. The number of aromatic nitrogens is 3. The molecule has 144 valence electrons. The van der Waals surface area contributed by atoms with Crippen molar-refractivity contribution in [1.29, 1.82) is 5.26 Å². The highest BCUT2D eigenvalue weighted by molar-refractivity contribution is 7.89. The second kappa shape index (κ2) is 7.66. The van der Waals surface area contributed by atoms with Gasteiger partial charge in [0.25, 0.3) is 0 Å². The molecule has 0 saturated carbocycles. The number of ether oxygens (including phenoxy) is 1. The number of aryl methyl sites for hydroxylation is 2. The minimum atomic E-state index is -3.65. The Morgan fingerprint density at radius 1 is 1.41 bits per heavy atom. The summed E-state index contributed by atoms with van der Waals surface area (Å²) in [6.07, 6.45) is 2.63. The maximum Gasteiger partial charge on any atom is 0.246 e. The number of nitriles is 1. The van der Waals surface area contributed by atoms with Crippen molar-refractivity contribution < 1.29 is 13.2 Å². The zero-order valence-electron chi connectivity index (χ0n) is 15.7. The van der Waals surface area contributed by atoms with Crippen molar-refractivity contribution in [3.05, 3.63) is 35.3 Å². The Kier molecular flexibility index (Phi) is 5.48. The molecule has 0 amide bonds. The first kappa shape index (κ1) is 19.3. The Balaban J connectivity index is 1.81. The molecular weight excluding hydrogens is 366 g/mol. The van der Waals surface area contributed by atoms with E-state index in [9.17, 15) is 8.42 Å². The smallest absolute Gasteiger partial charge is 0.246 e. The van der Waals surface area contributed by atoms with Crippen molar-refractivity contribution in [3.63, 3.8) is 0 Å². The number of hydrogen-bond acceptors (Lipinski definition) is 6. The summed E-state index contributed by atoms with van der Waals surface area (Å²) in [6.45, 7) is 6.76. The van der Waals surface area contributed by atoms with Crippen LogP contribution in [0.4, 0.5) is 0 Å². The van der Waals surface area contributed by atoms with Gasteiger partial charge in [-0.3, -0.25) is 4.68 Å². The normalized spacial score (nSPS) is 18.2. The Labute approximate surface area is 159 Å². The van der Waals surface area contributed by atoms with Gasteiger partial charge < -0.3 is 4.74 Å². The van der Waals surface area contributed by atoms with Crippen LogP contribution in [-0.2, 0) is 16.6 Å². The van der Waals surface area contributed by atoms with E-state index in [1.54, 1.807) is 30.7 Å². The van der Waals surface area contributed by atoms with E-state index < -0.39 is 10.0 Å². The third-order valence-corrected chi connectivity index (χ3v) is 6.82. The van der Waals surface area contributed by atoms with E-state index in [4.69, 9.17) is 10.00 Å². The van der Waals surface area contributed by atoms with Gasteiger partial charge in [-0.05, 0) is 39.7 Å². The first-order chi connectivity index (χ1) is 12.9. The highest BCUT2D eigenvalue weighted by Gasteiger charge is 2.35. The number of nitrogens with zero attached hydrogens (tertiary/aromatic N) is 5. The molecular formula is C18H23N5O3S. The second-order valence-corrected chi connectivity index (χ2v) is 8.43. The van der Waals surface area contributed by atoms with Gasteiger partial charge in [0.05, 0.1) is 29.6 Å². The number of sulfonamides is 1. The Morgan fingerprint density at radius 2 is 2.19 bits per heavy atom. The van der Waals surface area contributed by atoms with Crippen LogP contribution in [0.25, 0.3) is 0 Å². The summed E-state index contributed by atoms with van der Waals surface area (Å²) in [5.74, 6) is 0.337. The summed E-state index contributed by atoms with van der Waals surface area (Å²) in [5, 5.41) is 13.3. The molecule has 0 radical (unpaired) electrons. The number of hydrogen-bond donors (Lipinski definition) is 0. The first-order valence-electron chi connectivity index (χ1n) is 8.93. The van der Waals surface area contributed by atoms with E-state index in [1.165, 1.54) is 10.5 Å². The van der Waals surface area contributed by atoms with Crippen molar-refractivity contribution in [3.8, 4) is 11.9 Å². The second-order valence-electron chi connectivity index (χ2n) is 6.56. The molecule has 1 aliphatic rings. The standard InChI is InChI=1S/C18H23N5O3S/c1-4-23-14(3)18(13(2)21-23)27(24,25)22-9-5-6-16(12-22)26-17-10-15(11-19)7-8-20-17/h7-8,10,16H,4-6,9,12H2,1-3H3. The van der Waals surface area contributed by atoms with Crippen molar-refractivity contribution in [2.45, 2.75) is 51.2 Å². The van der Waals surface area contributed by atoms with Crippen molar-refractivity contribution in [2.24, 2.45) is 0 Å². The molecule has 1 atom stereocenters. The molecule has 0 aromatic carbocycles. The van der Waals surface area contributed by atoms with Gasteiger partial charge in [-0.2, -0.15) is 14.7 Å². The molecule has 2 aromatic heterocycles. The van der Waals surface area contributed by atoms with Crippen LogP contribution in [0.3, 0.4) is 0 Å². The highest BCUT2D eigenvalue weighted by atomic mass is 32.2. The van der Waals surface area contributed by atoms with Crippen molar-refractivity contribution in [2.75, 3.05) is 13.1 Å². The quantitative estimate of drug-likeness (QED) is 0.775. The molecule has 27 heavy (non-hydrogen) atoms. The van der Waals surface area contributed by atoms with Gasteiger partial charge >= 0.3 is 0 Å². The fourth-order valence-electron chi connectivity index (χ4n) is 3.42. The lowest BCUT2D eigenvalue weighted by Crippen LogP contribution is -2.44. The fraction of sp³-hybridized carbons (Fsp3) is 0.500. The largest absolute Gasteiger partial charge is 0.473 e. The Bertz CT molecular complexity index is 977. The molecule has 9 heteroatoms.